The van der Waals surface area contributed by atoms with Crippen molar-refractivity contribution in [3.05, 3.63) is 49.1 Å². The lowest BCUT2D eigenvalue weighted by molar-refractivity contribution is -0.385. The lowest BCUT2D eigenvalue weighted by Crippen LogP contribution is -2.24. The molecule has 0 atom stereocenters. The largest absolute Gasteiger partial charge is 0.398 e. The number of nitro benzene ring substituents is 1. The Bertz CT molecular complexity index is 839. The van der Waals surface area contributed by atoms with E-state index < -0.39 is 14.9 Å². The Labute approximate surface area is 122 Å². The second-order valence-electron chi connectivity index (χ2n) is 3.98. The highest BCUT2D eigenvalue weighted by Crippen LogP contribution is 2.23. The minimum atomic E-state index is -4.03. The summed E-state index contributed by atoms with van der Waals surface area (Å²) >= 11 is 0.900. The van der Waals surface area contributed by atoms with E-state index in [1.807, 2.05) is 0 Å². The molecule has 2 aromatic rings. The molecule has 0 radical (unpaired) electrons. The summed E-state index contributed by atoms with van der Waals surface area (Å²) in [6, 6.07) is 3.15. The lowest BCUT2D eigenvalue weighted by Gasteiger charge is -2.08. The van der Waals surface area contributed by atoms with E-state index in [1.54, 1.807) is 0 Å². The number of nitrogens with one attached hydrogen (secondary N) is 2. The average Bonchev–Trinajstić information content (AvgIpc) is 2.82. The first-order chi connectivity index (χ1) is 9.79. The van der Waals surface area contributed by atoms with Gasteiger partial charge in [0.2, 0.25) is 10.0 Å². The van der Waals surface area contributed by atoms with Gasteiger partial charge in [0.25, 0.3) is 5.69 Å². The number of aromatic nitrogens is 1. The molecule has 0 fully saturated rings. The van der Waals surface area contributed by atoms with Crippen LogP contribution in [0, 0.1) is 10.1 Å². The monoisotopic (exact) mass is 330 g/mol. The number of benzene rings is 1. The van der Waals surface area contributed by atoms with Crippen molar-refractivity contribution in [1.29, 1.82) is 0 Å². The molecule has 0 amide bonds. The number of hydrogen-bond acceptors (Lipinski definition) is 7. The number of nitrogens with two attached hydrogens (primary N) is 1. The van der Waals surface area contributed by atoms with Gasteiger partial charge in [0, 0.05) is 23.2 Å². The van der Waals surface area contributed by atoms with E-state index in [-0.39, 0.29) is 27.7 Å². The third-order valence-corrected chi connectivity index (χ3v) is 4.70. The highest BCUT2D eigenvalue weighted by Gasteiger charge is 2.21. The van der Waals surface area contributed by atoms with E-state index in [0.717, 1.165) is 29.5 Å². The molecular formula is C10H10N4O5S2. The number of sulfonamides is 1. The van der Waals surface area contributed by atoms with Crippen molar-refractivity contribution in [3.8, 4) is 0 Å². The number of nitrogens with zero attached hydrogens (tertiary/aromatic N) is 1. The molecular weight excluding hydrogens is 320 g/mol. The van der Waals surface area contributed by atoms with Crippen LogP contribution in [0.1, 0.15) is 5.69 Å². The normalized spacial score (nSPS) is 11.4. The highest BCUT2D eigenvalue weighted by molar-refractivity contribution is 7.89. The van der Waals surface area contributed by atoms with E-state index in [4.69, 9.17) is 5.73 Å². The molecule has 21 heavy (non-hydrogen) atoms. The Morgan fingerprint density at radius 2 is 2.14 bits per heavy atom. The first kappa shape index (κ1) is 15.2. The fourth-order valence-electron chi connectivity index (χ4n) is 1.52. The van der Waals surface area contributed by atoms with Gasteiger partial charge in [-0.15, -0.1) is 0 Å². The summed E-state index contributed by atoms with van der Waals surface area (Å²) in [5, 5.41) is 12.2. The molecule has 1 aromatic carbocycles. The summed E-state index contributed by atoms with van der Waals surface area (Å²) in [6.07, 6.45) is 0. The van der Waals surface area contributed by atoms with Gasteiger partial charge in [-0.1, -0.05) is 11.3 Å². The molecule has 4 N–H and O–H groups in total. The number of nitro groups is 1. The van der Waals surface area contributed by atoms with Gasteiger partial charge in [-0.3, -0.25) is 14.9 Å². The summed E-state index contributed by atoms with van der Waals surface area (Å²) in [4.78, 5) is 22.7. The summed E-state index contributed by atoms with van der Waals surface area (Å²) in [5.74, 6) is 0. The maximum atomic E-state index is 12.1. The van der Waals surface area contributed by atoms with Gasteiger partial charge in [0.1, 0.15) is 4.90 Å². The SMILES string of the molecule is Nc1ccc([N+](=O)[O-])cc1S(=O)(=O)NCc1csc(=O)[nH]1. The van der Waals surface area contributed by atoms with Crippen LogP contribution in [-0.4, -0.2) is 18.3 Å². The van der Waals surface area contributed by atoms with Crippen LogP contribution in [0.15, 0.2) is 33.3 Å². The molecule has 0 saturated carbocycles. The molecule has 0 aliphatic heterocycles. The quantitative estimate of drug-likeness (QED) is 0.410. The van der Waals surface area contributed by atoms with Crippen LogP contribution in [0.2, 0.25) is 0 Å². The Morgan fingerprint density at radius 1 is 1.43 bits per heavy atom. The minimum absolute atomic E-state index is 0.105. The molecule has 0 aliphatic rings. The molecule has 2 rings (SSSR count). The summed E-state index contributed by atoms with van der Waals surface area (Å²) in [5.41, 5.74) is 5.45. The first-order valence-corrected chi connectivity index (χ1v) is 7.86. The zero-order chi connectivity index (χ0) is 15.6. The number of H-pyrrole nitrogens is 1. The van der Waals surface area contributed by atoms with Crippen LogP contribution in [0.5, 0.6) is 0 Å². The zero-order valence-electron chi connectivity index (χ0n) is 10.4. The lowest BCUT2D eigenvalue weighted by atomic mass is 10.3. The molecule has 0 saturated heterocycles. The molecule has 1 aromatic heterocycles. The van der Waals surface area contributed by atoms with Gasteiger partial charge < -0.3 is 10.7 Å². The number of hydrogen-bond donors (Lipinski definition) is 3. The van der Waals surface area contributed by atoms with E-state index in [2.05, 4.69) is 9.71 Å². The number of thiazole rings is 1. The molecule has 0 spiro atoms. The fraction of sp³-hybridized carbons (Fsp3) is 0.100. The Morgan fingerprint density at radius 3 is 2.71 bits per heavy atom. The minimum Gasteiger partial charge on any atom is -0.398 e. The molecule has 11 heteroatoms. The molecule has 112 valence electrons. The fourth-order valence-corrected chi connectivity index (χ4v) is 3.26. The van der Waals surface area contributed by atoms with Gasteiger partial charge in [0.05, 0.1) is 17.2 Å². The number of aromatic amines is 1. The zero-order valence-corrected chi connectivity index (χ0v) is 12.0. The van der Waals surface area contributed by atoms with Crippen molar-refractivity contribution in [2.24, 2.45) is 0 Å². The molecule has 0 unspecified atom stereocenters. The average molecular weight is 330 g/mol. The molecule has 1 heterocycles. The van der Waals surface area contributed by atoms with Crippen LogP contribution in [-0.2, 0) is 16.6 Å². The Balaban J connectivity index is 2.28. The highest BCUT2D eigenvalue weighted by atomic mass is 32.2. The van der Waals surface area contributed by atoms with Gasteiger partial charge in [-0.05, 0) is 6.07 Å². The molecule has 9 nitrogen and oxygen atoms in total. The molecule has 0 aliphatic carbocycles. The van der Waals surface area contributed by atoms with E-state index in [9.17, 15) is 23.3 Å². The van der Waals surface area contributed by atoms with Crippen molar-refractivity contribution in [1.82, 2.24) is 9.71 Å². The number of nitrogen functional groups attached to an aromatic ring is 1. The number of non-ortho nitro benzene ring substituents is 1. The number of anilines is 1. The maximum Gasteiger partial charge on any atom is 0.304 e. The van der Waals surface area contributed by atoms with E-state index >= 15 is 0 Å². The summed E-state index contributed by atoms with van der Waals surface area (Å²) < 4.78 is 26.4. The van der Waals surface area contributed by atoms with Crippen LogP contribution in [0.3, 0.4) is 0 Å². The molecule has 0 bridgehead atoms. The van der Waals surface area contributed by atoms with Gasteiger partial charge >= 0.3 is 4.87 Å². The van der Waals surface area contributed by atoms with Crippen LogP contribution >= 0.6 is 11.3 Å². The van der Waals surface area contributed by atoms with Crippen molar-refractivity contribution in [2.75, 3.05) is 5.73 Å². The van der Waals surface area contributed by atoms with Crippen molar-refractivity contribution in [3.63, 3.8) is 0 Å². The van der Waals surface area contributed by atoms with Crippen molar-refractivity contribution >= 4 is 32.7 Å². The van der Waals surface area contributed by atoms with Crippen LogP contribution < -0.4 is 15.3 Å². The van der Waals surface area contributed by atoms with E-state index in [1.165, 1.54) is 5.38 Å². The standard InChI is InChI=1S/C10H10N4O5S2/c11-8-2-1-7(14(16)17)3-9(8)21(18,19)12-4-6-5-20-10(15)13-6/h1-3,5,12H,4,11H2,(H,13,15). The number of rotatable bonds is 5. The van der Waals surface area contributed by atoms with E-state index in [0.29, 0.717) is 5.69 Å². The van der Waals surface area contributed by atoms with Gasteiger partial charge in [-0.2, -0.15) is 0 Å². The second kappa shape index (κ2) is 5.63. The van der Waals surface area contributed by atoms with Crippen molar-refractivity contribution < 1.29 is 13.3 Å². The topological polar surface area (TPSA) is 148 Å². The maximum absolute atomic E-state index is 12.1. The second-order valence-corrected chi connectivity index (χ2v) is 6.55. The summed E-state index contributed by atoms with van der Waals surface area (Å²) in [7, 11) is -4.03. The Kier molecular flexibility index (Phi) is 4.06. The van der Waals surface area contributed by atoms with Crippen LogP contribution in [0.25, 0.3) is 0 Å². The third kappa shape index (κ3) is 3.45. The smallest absolute Gasteiger partial charge is 0.304 e. The van der Waals surface area contributed by atoms with Crippen molar-refractivity contribution in [2.45, 2.75) is 11.4 Å². The third-order valence-electron chi connectivity index (χ3n) is 2.52. The van der Waals surface area contributed by atoms with Gasteiger partial charge in [0.15, 0.2) is 0 Å². The Hall–Kier alpha value is -2.24. The van der Waals surface area contributed by atoms with Crippen LogP contribution in [0.4, 0.5) is 11.4 Å². The predicted molar refractivity (Wildman–Crippen MR) is 76.5 cm³/mol. The first-order valence-electron chi connectivity index (χ1n) is 5.50. The summed E-state index contributed by atoms with van der Waals surface area (Å²) in [6.45, 7) is -0.150. The van der Waals surface area contributed by atoms with Gasteiger partial charge in [-0.25, -0.2) is 13.1 Å². The predicted octanol–water partition coefficient (Wildman–Crippen LogP) is 0.405.